The smallest absolute Gasteiger partial charge is 0.410 e. The highest BCUT2D eigenvalue weighted by Crippen LogP contribution is 2.32. The van der Waals surface area contributed by atoms with Gasteiger partial charge < -0.3 is 29.2 Å². The number of nitrogens with two attached hydrogens (primary N) is 1. The molecule has 0 aliphatic heterocycles. The molecule has 4 amide bonds. The molecule has 0 saturated heterocycles. The summed E-state index contributed by atoms with van der Waals surface area (Å²) in [5.74, 6) is -1.10. The summed E-state index contributed by atoms with van der Waals surface area (Å²) in [6.07, 6.45) is 3.54. The molecule has 0 aliphatic carbocycles. The van der Waals surface area contributed by atoms with Crippen molar-refractivity contribution in [2.75, 3.05) is 37.9 Å². The minimum absolute atomic E-state index is 0.00320. The largest absolute Gasteiger partial charge is 0.491 e. The lowest BCUT2D eigenvalue weighted by Gasteiger charge is -2.24. The Kier molecular flexibility index (Phi) is 14.1. The second-order valence-corrected chi connectivity index (χ2v) is 18.0. The van der Waals surface area contributed by atoms with Crippen LogP contribution in [0.25, 0.3) is 22.1 Å². The van der Waals surface area contributed by atoms with Crippen LogP contribution in [0.1, 0.15) is 83.8 Å². The average molecular weight is 914 g/mol. The molecule has 346 valence electrons. The van der Waals surface area contributed by atoms with E-state index >= 15 is 0 Å². The number of imidazole rings is 2. The molecule has 0 aliphatic rings. The topological polar surface area (TPSA) is 258 Å². The first-order valence-corrected chi connectivity index (χ1v) is 22.4. The number of allylic oxidation sites excluding steroid dienone is 2. The van der Waals surface area contributed by atoms with Gasteiger partial charge in [0.05, 0.1) is 39.4 Å². The van der Waals surface area contributed by atoms with Crippen LogP contribution in [0.15, 0.2) is 59.5 Å². The Labute approximate surface area is 376 Å². The molecule has 0 atom stereocenters. The van der Waals surface area contributed by atoms with Crippen molar-refractivity contribution in [2.45, 2.75) is 91.6 Å². The van der Waals surface area contributed by atoms with Gasteiger partial charge >= 0.3 is 6.09 Å². The molecule has 0 spiro atoms. The number of nitrogens with zero attached hydrogens (tertiary/aromatic N) is 9. The van der Waals surface area contributed by atoms with Gasteiger partial charge in [-0.2, -0.15) is 10.2 Å². The van der Waals surface area contributed by atoms with E-state index in [1.807, 2.05) is 26.0 Å². The Balaban J connectivity index is 1.36. The van der Waals surface area contributed by atoms with Crippen LogP contribution < -0.4 is 25.8 Å². The zero-order valence-corrected chi connectivity index (χ0v) is 38.7. The fourth-order valence-electron chi connectivity index (χ4n) is 6.98. The van der Waals surface area contributed by atoms with Gasteiger partial charge in [0.1, 0.15) is 28.3 Å². The molecular weight excluding hydrogens is 859 g/mol. The van der Waals surface area contributed by atoms with Crippen LogP contribution in [-0.4, -0.2) is 109 Å². The first-order chi connectivity index (χ1) is 30.7. The molecule has 0 bridgehead atoms. The zero-order valence-electron chi connectivity index (χ0n) is 37.9. The summed E-state index contributed by atoms with van der Waals surface area (Å²) in [6, 6.07) is 10.8. The molecule has 2 aromatic carbocycles. The quantitative estimate of drug-likeness (QED) is 0.0668. The van der Waals surface area contributed by atoms with Gasteiger partial charge in [-0.25, -0.2) is 27.9 Å². The summed E-state index contributed by atoms with van der Waals surface area (Å²) >= 11 is 0. The Bertz CT molecular complexity index is 2920. The minimum atomic E-state index is -3.81. The van der Waals surface area contributed by atoms with E-state index in [1.54, 1.807) is 78.4 Å². The zero-order chi connectivity index (χ0) is 47.4. The highest BCUT2D eigenvalue weighted by molar-refractivity contribution is 7.89. The second kappa shape index (κ2) is 19.4. The lowest BCUT2D eigenvalue weighted by Crippen LogP contribution is -2.35. The monoisotopic (exact) mass is 913 g/mol. The van der Waals surface area contributed by atoms with Gasteiger partial charge in [-0.1, -0.05) is 12.2 Å². The first kappa shape index (κ1) is 47.4. The standard InChI is InChI=1S/C43H55N13O8S/c1-10-55-33(21-26(3)50-55)38(58)48-40-46-30-25-29(65(61,62)45-8)15-16-32(30)53(40)18-12-13-19-54-36-31(47-41(54)49-39(59)34-22-27(4)51-56(34)11-2)23-28(37(44)57)24-35(36)63-20-14-17-52(9)42(60)64-43(5,6)7/h12-13,15-16,21-25,45H,10-11,14,17-20H2,1-9H3,(H2,44,57)(H,46,48,58)(H,47,49,59)/b13-12+. The highest BCUT2D eigenvalue weighted by atomic mass is 32.2. The fourth-order valence-corrected chi connectivity index (χ4v) is 7.72. The summed E-state index contributed by atoms with van der Waals surface area (Å²) in [5.41, 5.74) is 8.77. The van der Waals surface area contributed by atoms with Crippen molar-refractivity contribution >= 4 is 67.8 Å². The molecule has 6 rings (SSSR count). The fraction of sp³-hybridized carbons (Fsp3) is 0.395. The number of fused-ring (bicyclic) bond motifs is 2. The minimum Gasteiger partial charge on any atom is -0.491 e. The maximum Gasteiger partial charge on any atom is 0.410 e. The van der Waals surface area contributed by atoms with E-state index in [0.717, 1.165) is 0 Å². The van der Waals surface area contributed by atoms with E-state index in [4.69, 9.17) is 20.2 Å². The molecule has 21 nitrogen and oxygen atoms in total. The molecule has 0 saturated carbocycles. The number of carbonyl (C=O) groups is 4. The number of carbonyl (C=O) groups excluding carboxylic acids is 4. The predicted octanol–water partition coefficient (Wildman–Crippen LogP) is 4.84. The van der Waals surface area contributed by atoms with Crippen LogP contribution in [0.2, 0.25) is 0 Å². The highest BCUT2D eigenvalue weighted by Gasteiger charge is 2.24. The van der Waals surface area contributed by atoms with Gasteiger partial charge in [0.2, 0.25) is 27.8 Å². The number of nitrogens with one attached hydrogen (secondary N) is 3. The van der Waals surface area contributed by atoms with E-state index in [2.05, 4.69) is 30.5 Å². The number of aryl methyl sites for hydroxylation is 4. The summed E-state index contributed by atoms with van der Waals surface area (Å²) < 4.78 is 46.1. The van der Waals surface area contributed by atoms with E-state index in [1.165, 1.54) is 36.2 Å². The summed E-state index contributed by atoms with van der Waals surface area (Å²) in [6.45, 7) is 14.3. The van der Waals surface area contributed by atoms with Crippen molar-refractivity contribution < 1.29 is 37.1 Å². The van der Waals surface area contributed by atoms with Crippen molar-refractivity contribution in [3.05, 3.63) is 83.0 Å². The van der Waals surface area contributed by atoms with Crippen LogP contribution in [0, 0.1) is 13.8 Å². The van der Waals surface area contributed by atoms with Crippen molar-refractivity contribution in [3.63, 3.8) is 0 Å². The molecule has 0 unspecified atom stereocenters. The third-order valence-electron chi connectivity index (χ3n) is 10.1. The van der Waals surface area contributed by atoms with Crippen molar-refractivity contribution in [3.8, 4) is 5.75 Å². The van der Waals surface area contributed by atoms with Crippen LogP contribution in [0.3, 0.4) is 0 Å². The number of benzene rings is 2. The van der Waals surface area contributed by atoms with E-state index in [-0.39, 0.29) is 47.8 Å². The molecule has 4 aromatic heterocycles. The Hall–Kier alpha value is -7.07. The van der Waals surface area contributed by atoms with Crippen LogP contribution in [0.5, 0.6) is 5.75 Å². The molecule has 65 heavy (non-hydrogen) atoms. The number of rotatable bonds is 18. The number of sulfonamides is 1. The lowest BCUT2D eigenvalue weighted by atomic mass is 10.1. The molecule has 22 heteroatoms. The van der Waals surface area contributed by atoms with Crippen molar-refractivity contribution in [2.24, 2.45) is 5.73 Å². The SMILES string of the molecule is CCn1nc(C)cc1C(=O)Nc1nc2cc(S(=O)(=O)NC)ccc2n1C/C=C/Cn1c(NC(=O)c2cc(C)nn2CC)nc2cc(C(N)=O)cc(OCCCN(C)C(=O)OC(C)(C)C)c21. The van der Waals surface area contributed by atoms with Crippen molar-refractivity contribution in [1.82, 2.24) is 48.3 Å². The molecule has 4 heterocycles. The normalized spacial score (nSPS) is 12.0. The third kappa shape index (κ3) is 10.8. The van der Waals surface area contributed by atoms with Gasteiger partial charge in [0.25, 0.3) is 11.8 Å². The molecule has 0 radical (unpaired) electrons. The first-order valence-electron chi connectivity index (χ1n) is 20.9. The summed E-state index contributed by atoms with van der Waals surface area (Å²) in [7, 11) is -0.868. The van der Waals surface area contributed by atoms with Crippen molar-refractivity contribution in [1.29, 1.82) is 0 Å². The predicted molar refractivity (Wildman–Crippen MR) is 244 cm³/mol. The van der Waals surface area contributed by atoms with Gasteiger partial charge in [-0.3, -0.25) is 34.4 Å². The maximum atomic E-state index is 13.8. The number of aromatic nitrogens is 8. The van der Waals surface area contributed by atoms with E-state index < -0.39 is 39.4 Å². The van der Waals surface area contributed by atoms with Crippen LogP contribution >= 0.6 is 0 Å². The Morgan fingerprint density at radius 1 is 0.831 bits per heavy atom. The summed E-state index contributed by atoms with van der Waals surface area (Å²) in [4.78, 5) is 63.4. The number of primary amides is 1. The number of anilines is 2. The number of hydrogen-bond donors (Lipinski definition) is 4. The molecule has 6 aromatic rings. The maximum absolute atomic E-state index is 13.8. The van der Waals surface area contributed by atoms with E-state index in [9.17, 15) is 27.6 Å². The summed E-state index contributed by atoms with van der Waals surface area (Å²) in [5, 5.41) is 14.6. The van der Waals surface area contributed by atoms with Gasteiger partial charge in [-0.05, 0) is 104 Å². The molecular formula is C43H55N13O8S. The van der Waals surface area contributed by atoms with Gasteiger partial charge in [-0.15, -0.1) is 0 Å². The van der Waals surface area contributed by atoms with E-state index in [0.29, 0.717) is 70.9 Å². The number of amides is 4. The van der Waals surface area contributed by atoms with Gasteiger partial charge in [0.15, 0.2) is 0 Å². The number of ether oxygens (including phenoxy) is 2. The Morgan fingerprint density at radius 2 is 1.40 bits per heavy atom. The van der Waals surface area contributed by atoms with Crippen LogP contribution in [0.4, 0.5) is 16.7 Å². The second-order valence-electron chi connectivity index (χ2n) is 16.1. The lowest BCUT2D eigenvalue weighted by molar-refractivity contribution is 0.0291. The third-order valence-corrected chi connectivity index (χ3v) is 11.5. The molecule has 0 fully saturated rings. The Morgan fingerprint density at radius 3 is 1.95 bits per heavy atom. The average Bonchev–Trinajstić information content (AvgIpc) is 4.01. The number of hydrogen-bond acceptors (Lipinski definition) is 12. The molecule has 5 N–H and O–H groups in total. The van der Waals surface area contributed by atoms with Crippen LogP contribution in [-0.2, 0) is 40.9 Å². The van der Waals surface area contributed by atoms with Gasteiger partial charge in [0, 0.05) is 45.3 Å².